The number of amides is 2. The monoisotopic (exact) mass is 484 g/mol. The van der Waals surface area contributed by atoms with Gasteiger partial charge in [0.1, 0.15) is 0 Å². The van der Waals surface area contributed by atoms with E-state index >= 15 is 0 Å². The lowest BCUT2D eigenvalue weighted by Crippen LogP contribution is -2.69. The number of hydrogen-bond acceptors (Lipinski definition) is 2. The van der Waals surface area contributed by atoms with E-state index in [9.17, 15) is 9.90 Å². The Morgan fingerprint density at radius 3 is 2.23 bits per heavy atom. The number of aliphatic hydroxyl groups is 1. The molecule has 0 aromatic heterocycles. The van der Waals surface area contributed by atoms with Gasteiger partial charge in [-0.15, -0.1) is 0 Å². The molecule has 5 aliphatic rings. The highest BCUT2D eigenvalue weighted by atomic mass is 16.3. The molecule has 5 saturated carbocycles. The van der Waals surface area contributed by atoms with Crippen LogP contribution in [0.2, 0.25) is 0 Å². The van der Waals surface area contributed by atoms with Crippen LogP contribution in [0.3, 0.4) is 0 Å². The molecule has 0 aromatic rings. The fourth-order valence-corrected chi connectivity index (χ4v) is 11.6. The molecule has 4 heteroatoms. The Morgan fingerprint density at radius 1 is 0.857 bits per heavy atom. The van der Waals surface area contributed by atoms with Crippen LogP contribution < -0.4 is 10.6 Å². The standard InChI is InChI=1S/C31H52N2O2/c1-19(2)20-11-16-31(33-26(35)32-8)18-17-29(6)21(25(20)31)9-10-23-28(5)14-13-24(34)27(3,4)22(28)12-15-30(23,29)7/h20-25,34H,1,9-18H2,2-8H3,(H2,32,33,35)/t20-,21?,22-,23+,24-,25+,28?,29+,30?,31-/m0/s1. The topological polar surface area (TPSA) is 61.4 Å². The van der Waals surface area contributed by atoms with Gasteiger partial charge in [-0.2, -0.15) is 0 Å². The molecule has 5 fully saturated rings. The second kappa shape index (κ2) is 7.98. The summed E-state index contributed by atoms with van der Waals surface area (Å²) in [7, 11) is 1.74. The maximum Gasteiger partial charge on any atom is 0.314 e. The first-order valence-corrected chi connectivity index (χ1v) is 14.6. The van der Waals surface area contributed by atoms with E-state index in [0.29, 0.717) is 40.4 Å². The summed E-state index contributed by atoms with van der Waals surface area (Å²) in [6.45, 7) is 19.3. The van der Waals surface area contributed by atoms with Crippen LogP contribution in [-0.2, 0) is 0 Å². The van der Waals surface area contributed by atoms with Crippen molar-refractivity contribution in [3.05, 3.63) is 12.2 Å². The second-order valence-electron chi connectivity index (χ2n) is 14.9. The first-order chi connectivity index (χ1) is 16.3. The molecule has 2 amide bonds. The second-order valence-corrected chi connectivity index (χ2v) is 14.9. The fraction of sp³-hybridized carbons (Fsp3) is 0.903. The maximum absolute atomic E-state index is 12.6. The van der Waals surface area contributed by atoms with Crippen LogP contribution >= 0.6 is 0 Å². The Balaban J connectivity index is 1.54. The van der Waals surface area contributed by atoms with E-state index in [4.69, 9.17) is 0 Å². The number of urea groups is 1. The van der Waals surface area contributed by atoms with Crippen LogP contribution in [0, 0.1) is 51.2 Å². The highest BCUT2D eigenvalue weighted by molar-refractivity contribution is 5.74. The van der Waals surface area contributed by atoms with Crippen LogP contribution in [-0.4, -0.2) is 29.8 Å². The van der Waals surface area contributed by atoms with Crippen LogP contribution in [0.15, 0.2) is 12.2 Å². The molecule has 3 N–H and O–H groups in total. The molecule has 3 unspecified atom stereocenters. The van der Waals surface area contributed by atoms with Crippen molar-refractivity contribution in [2.75, 3.05) is 7.05 Å². The molecule has 0 bridgehead atoms. The molecule has 35 heavy (non-hydrogen) atoms. The summed E-state index contributed by atoms with van der Waals surface area (Å²) in [6.07, 6.45) is 11.6. The highest BCUT2D eigenvalue weighted by Gasteiger charge is 2.71. The summed E-state index contributed by atoms with van der Waals surface area (Å²) in [5.41, 5.74) is 2.12. The number of fused-ring (bicyclic) bond motifs is 7. The van der Waals surface area contributed by atoms with Gasteiger partial charge in [-0.1, -0.05) is 46.8 Å². The van der Waals surface area contributed by atoms with Crippen molar-refractivity contribution >= 4 is 6.03 Å². The molecule has 5 rings (SSSR count). The summed E-state index contributed by atoms with van der Waals surface area (Å²) in [5.74, 6) is 2.94. The minimum absolute atomic E-state index is 0.00172. The number of aliphatic hydroxyl groups excluding tert-OH is 1. The third-order valence-corrected chi connectivity index (χ3v) is 13.6. The van der Waals surface area contributed by atoms with Crippen molar-refractivity contribution < 1.29 is 9.90 Å². The van der Waals surface area contributed by atoms with Gasteiger partial charge in [0.2, 0.25) is 0 Å². The average Bonchev–Trinajstić information content (AvgIpc) is 3.16. The molecule has 0 saturated heterocycles. The third kappa shape index (κ3) is 3.23. The molecular formula is C31H52N2O2. The van der Waals surface area contributed by atoms with Gasteiger partial charge in [0, 0.05) is 12.6 Å². The zero-order chi connectivity index (χ0) is 25.6. The number of hydrogen-bond donors (Lipinski definition) is 3. The van der Waals surface area contributed by atoms with Crippen molar-refractivity contribution in [2.24, 2.45) is 51.2 Å². The fourth-order valence-electron chi connectivity index (χ4n) is 11.6. The van der Waals surface area contributed by atoms with Gasteiger partial charge in [-0.25, -0.2) is 4.79 Å². The van der Waals surface area contributed by atoms with Gasteiger partial charge in [0.25, 0.3) is 0 Å². The lowest BCUT2D eigenvalue weighted by Gasteiger charge is -2.73. The Kier molecular flexibility index (Phi) is 5.84. The van der Waals surface area contributed by atoms with E-state index in [1.165, 1.54) is 44.1 Å². The van der Waals surface area contributed by atoms with Crippen molar-refractivity contribution in [1.29, 1.82) is 0 Å². The smallest absolute Gasteiger partial charge is 0.314 e. The molecule has 4 nitrogen and oxygen atoms in total. The van der Waals surface area contributed by atoms with Crippen molar-refractivity contribution in [1.82, 2.24) is 10.6 Å². The van der Waals surface area contributed by atoms with Crippen LogP contribution in [0.4, 0.5) is 4.79 Å². The van der Waals surface area contributed by atoms with E-state index in [1.807, 2.05) is 0 Å². The zero-order valence-electron chi connectivity index (χ0n) is 23.6. The van der Waals surface area contributed by atoms with Crippen molar-refractivity contribution in [3.8, 4) is 0 Å². The van der Waals surface area contributed by atoms with E-state index in [2.05, 4.69) is 58.8 Å². The molecule has 5 aliphatic carbocycles. The lowest BCUT2D eigenvalue weighted by molar-refractivity contribution is -0.243. The largest absolute Gasteiger partial charge is 0.393 e. The predicted molar refractivity (Wildman–Crippen MR) is 143 cm³/mol. The molecule has 198 valence electrons. The van der Waals surface area contributed by atoms with Gasteiger partial charge < -0.3 is 15.7 Å². The van der Waals surface area contributed by atoms with Crippen LogP contribution in [0.1, 0.15) is 106 Å². The molecule has 0 spiro atoms. The first kappa shape index (κ1) is 25.6. The number of rotatable bonds is 2. The third-order valence-electron chi connectivity index (χ3n) is 13.6. The number of nitrogens with one attached hydrogen (secondary N) is 2. The summed E-state index contributed by atoms with van der Waals surface area (Å²) in [6, 6.07) is -0.0168. The molecule has 0 heterocycles. The lowest BCUT2D eigenvalue weighted by atomic mass is 9.32. The zero-order valence-corrected chi connectivity index (χ0v) is 23.6. The summed E-state index contributed by atoms with van der Waals surface area (Å²) in [5, 5.41) is 17.3. The summed E-state index contributed by atoms with van der Waals surface area (Å²) >= 11 is 0. The van der Waals surface area contributed by atoms with Crippen molar-refractivity contribution in [3.63, 3.8) is 0 Å². The van der Waals surface area contributed by atoms with Crippen LogP contribution in [0.25, 0.3) is 0 Å². The van der Waals surface area contributed by atoms with Gasteiger partial charge >= 0.3 is 6.03 Å². The molecule has 0 aromatic carbocycles. The van der Waals surface area contributed by atoms with Crippen LogP contribution in [0.5, 0.6) is 0 Å². The van der Waals surface area contributed by atoms with Gasteiger partial charge in [-0.05, 0) is 122 Å². The first-order valence-electron chi connectivity index (χ1n) is 14.6. The Labute approximate surface area is 214 Å². The Bertz CT molecular complexity index is 898. The van der Waals surface area contributed by atoms with E-state index in [-0.39, 0.29) is 28.5 Å². The molecular weight excluding hydrogens is 432 g/mol. The van der Waals surface area contributed by atoms with Gasteiger partial charge in [-0.3, -0.25) is 0 Å². The Morgan fingerprint density at radius 2 is 1.57 bits per heavy atom. The predicted octanol–water partition coefficient (Wildman–Crippen LogP) is 6.69. The quantitative estimate of drug-likeness (QED) is 0.383. The summed E-state index contributed by atoms with van der Waals surface area (Å²) in [4.78, 5) is 12.6. The average molecular weight is 485 g/mol. The number of allylic oxidation sites excluding steroid dienone is 1. The number of carbonyl (C=O) groups excluding carboxylic acids is 1. The maximum atomic E-state index is 12.6. The van der Waals surface area contributed by atoms with Gasteiger partial charge in [0.15, 0.2) is 0 Å². The molecule has 10 atom stereocenters. The SMILES string of the molecule is C=C(C)[C@@H]1CC[C@]2(NC(=O)NC)CC[C@]3(C)C(CC[C@@H]4C5(C)CC[C@H](O)C(C)(C)[C@@H]5CCC43C)[C@@H]12. The normalized spacial score (nSPS) is 52.3. The minimum atomic E-state index is -0.169. The number of carbonyl (C=O) groups is 1. The Hall–Kier alpha value is -1.03. The van der Waals surface area contributed by atoms with Gasteiger partial charge in [0.05, 0.1) is 6.10 Å². The minimum Gasteiger partial charge on any atom is -0.393 e. The van der Waals surface area contributed by atoms with E-state index in [0.717, 1.165) is 25.7 Å². The molecule has 0 aliphatic heterocycles. The van der Waals surface area contributed by atoms with E-state index in [1.54, 1.807) is 7.05 Å². The van der Waals surface area contributed by atoms with E-state index < -0.39 is 0 Å². The summed E-state index contributed by atoms with van der Waals surface area (Å²) < 4.78 is 0. The highest BCUT2D eigenvalue weighted by Crippen LogP contribution is 2.76. The molecule has 0 radical (unpaired) electrons. The van der Waals surface area contributed by atoms with Crippen molar-refractivity contribution in [2.45, 2.75) is 117 Å².